The summed E-state index contributed by atoms with van der Waals surface area (Å²) >= 11 is 0. The SMILES string of the molecule is CCNC(c1ncccn1)c1cc(C)c(C)cc1C. The zero-order chi connectivity index (χ0) is 13.8. The quantitative estimate of drug-likeness (QED) is 0.912. The molecule has 19 heavy (non-hydrogen) atoms. The monoisotopic (exact) mass is 255 g/mol. The summed E-state index contributed by atoms with van der Waals surface area (Å²) in [4.78, 5) is 8.79. The van der Waals surface area contributed by atoms with Gasteiger partial charge in [0.1, 0.15) is 5.82 Å². The fourth-order valence-corrected chi connectivity index (χ4v) is 2.30. The van der Waals surface area contributed by atoms with E-state index in [1.165, 1.54) is 22.3 Å². The van der Waals surface area contributed by atoms with E-state index in [1.807, 2.05) is 6.07 Å². The molecule has 2 aromatic rings. The van der Waals surface area contributed by atoms with Crippen LogP contribution < -0.4 is 5.32 Å². The van der Waals surface area contributed by atoms with E-state index < -0.39 is 0 Å². The molecule has 1 aromatic carbocycles. The second-order valence-electron chi connectivity index (χ2n) is 4.89. The van der Waals surface area contributed by atoms with Crippen molar-refractivity contribution in [1.29, 1.82) is 0 Å². The Morgan fingerprint density at radius 1 is 1.00 bits per heavy atom. The smallest absolute Gasteiger partial charge is 0.149 e. The third-order valence-electron chi connectivity index (χ3n) is 3.45. The fourth-order valence-electron chi connectivity index (χ4n) is 2.30. The number of nitrogens with one attached hydrogen (secondary N) is 1. The molecule has 0 saturated heterocycles. The van der Waals surface area contributed by atoms with Crippen LogP contribution in [0.25, 0.3) is 0 Å². The molecule has 0 amide bonds. The molecule has 2 rings (SSSR count). The van der Waals surface area contributed by atoms with Crippen LogP contribution in [0, 0.1) is 20.8 Å². The molecule has 0 spiro atoms. The zero-order valence-corrected chi connectivity index (χ0v) is 12.1. The van der Waals surface area contributed by atoms with Gasteiger partial charge in [-0.05, 0) is 55.6 Å². The van der Waals surface area contributed by atoms with E-state index in [9.17, 15) is 0 Å². The minimum atomic E-state index is 0.0606. The highest BCUT2D eigenvalue weighted by molar-refractivity contribution is 5.40. The predicted octanol–water partition coefficient (Wildman–Crippen LogP) is 3.10. The number of nitrogens with zero attached hydrogens (tertiary/aromatic N) is 2. The van der Waals surface area contributed by atoms with E-state index >= 15 is 0 Å². The Morgan fingerprint density at radius 3 is 2.26 bits per heavy atom. The van der Waals surface area contributed by atoms with E-state index in [-0.39, 0.29) is 6.04 Å². The van der Waals surface area contributed by atoms with Crippen molar-refractivity contribution >= 4 is 0 Å². The van der Waals surface area contributed by atoms with E-state index in [4.69, 9.17) is 0 Å². The number of benzene rings is 1. The largest absolute Gasteiger partial charge is 0.304 e. The van der Waals surface area contributed by atoms with Crippen molar-refractivity contribution in [2.24, 2.45) is 0 Å². The Labute approximate surface area is 115 Å². The van der Waals surface area contributed by atoms with E-state index in [2.05, 4.69) is 55.1 Å². The van der Waals surface area contributed by atoms with Crippen LogP contribution in [0.3, 0.4) is 0 Å². The second-order valence-corrected chi connectivity index (χ2v) is 4.89. The van der Waals surface area contributed by atoms with Crippen LogP contribution >= 0.6 is 0 Å². The summed E-state index contributed by atoms with van der Waals surface area (Å²) in [5, 5.41) is 3.48. The van der Waals surface area contributed by atoms with Gasteiger partial charge < -0.3 is 5.32 Å². The highest BCUT2D eigenvalue weighted by Gasteiger charge is 2.18. The Kier molecular flexibility index (Phi) is 4.27. The lowest BCUT2D eigenvalue weighted by Crippen LogP contribution is -2.24. The number of rotatable bonds is 4. The van der Waals surface area contributed by atoms with Crippen molar-refractivity contribution in [2.75, 3.05) is 6.54 Å². The van der Waals surface area contributed by atoms with Gasteiger partial charge in [0, 0.05) is 12.4 Å². The van der Waals surface area contributed by atoms with Gasteiger partial charge in [0.25, 0.3) is 0 Å². The fraction of sp³-hybridized carbons (Fsp3) is 0.375. The van der Waals surface area contributed by atoms with Crippen LogP contribution in [0.5, 0.6) is 0 Å². The van der Waals surface area contributed by atoms with Gasteiger partial charge in [0.05, 0.1) is 6.04 Å². The van der Waals surface area contributed by atoms with Crippen molar-refractivity contribution in [3.63, 3.8) is 0 Å². The summed E-state index contributed by atoms with van der Waals surface area (Å²) in [7, 11) is 0. The molecule has 0 bridgehead atoms. The van der Waals surface area contributed by atoms with Crippen LogP contribution in [-0.2, 0) is 0 Å². The maximum absolute atomic E-state index is 4.39. The molecule has 0 aliphatic rings. The first kappa shape index (κ1) is 13.7. The maximum atomic E-state index is 4.39. The maximum Gasteiger partial charge on any atom is 0.149 e. The second kappa shape index (κ2) is 5.93. The van der Waals surface area contributed by atoms with Gasteiger partial charge in [-0.15, -0.1) is 0 Å². The molecule has 3 heteroatoms. The molecule has 1 atom stereocenters. The number of aryl methyl sites for hydroxylation is 3. The van der Waals surface area contributed by atoms with E-state index in [0.717, 1.165) is 12.4 Å². The minimum Gasteiger partial charge on any atom is -0.304 e. The molecule has 1 aromatic heterocycles. The van der Waals surface area contributed by atoms with Crippen LogP contribution in [0.2, 0.25) is 0 Å². The van der Waals surface area contributed by atoms with Crippen LogP contribution in [0.4, 0.5) is 0 Å². The molecule has 100 valence electrons. The van der Waals surface area contributed by atoms with Gasteiger partial charge >= 0.3 is 0 Å². The highest BCUT2D eigenvalue weighted by Crippen LogP contribution is 2.25. The van der Waals surface area contributed by atoms with Gasteiger partial charge in [-0.1, -0.05) is 19.1 Å². The van der Waals surface area contributed by atoms with Gasteiger partial charge in [-0.25, -0.2) is 9.97 Å². The number of aromatic nitrogens is 2. The molecule has 3 nitrogen and oxygen atoms in total. The van der Waals surface area contributed by atoms with Crippen LogP contribution in [-0.4, -0.2) is 16.5 Å². The average Bonchev–Trinajstić information content (AvgIpc) is 2.42. The summed E-state index contributed by atoms with van der Waals surface area (Å²) in [5.41, 5.74) is 5.17. The first-order valence-corrected chi connectivity index (χ1v) is 6.71. The summed E-state index contributed by atoms with van der Waals surface area (Å²) in [5.74, 6) is 0.829. The van der Waals surface area contributed by atoms with E-state index in [1.54, 1.807) is 12.4 Å². The highest BCUT2D eigenvalue weighted by atomic mass is 15.0. The standard InChI is InChI=1S/C16H21N3/c1-5-17-15(16-18-7-6-8-19-16)14-10-12(3)11(2)9-13(14)4/h6-10,15,17H,5H2,1-4H3. The Morgan fingerprint density at radius 2 is 1.63 bits per heavy atom. The molecule has 0 radical (unpaired) electrons. The summed E-state index contributed by atoms with van der Waals surface area (Å²) in [6.45, 7) is 9.43. The lowest BCUT2D eigenvalue weighted by atomic mass is 9.95. The third kappa shape index (κ3) is 2.99. The number of hydrogen-bond acceptors (Lipinski definition) is 3. The van der Waals surface area contributed by atoms with Gasteiger partial charge in [0.2, 0.25) is 0 Å². The first-order valence-electron chi connectivity index (χ1n) is 6.71. The lowest BCUT2D eigenvalue weighted by Gasteiger charge is -2.20. The molecular weight excluding hydrogens is 234 g/mol. The molecule has 0 aliphatic heterocycles. The zero-order valence-electron chi connectivity index (χ0n) is 12.1. The van der Waals surface area contributed by atoms with Crippen molar-refractivity contribution in [1.82, 2.24) is 15.3 Å². The average molecular weight is 255 g/mol. The van der Waals surface area contributed by atoms with Crippen LogP contribution in [0.15, 0.2) is 30.6 Å². The summed E-state index contributed by atoms with van der Waals surface area (Å²) < 4.78 is 0. The van der Waals surface area contributed by atoms with Crippen LogP contribution in [0.1, 0.15) is 41.0 Å². The molecular formula is C16H21N3. The Bertz CT molecular complexity index is 549. The van der Waals surface area contributed by atoms with E-state index in [0.29, 0.717) is 0 Å². The van der Waals surface area contributed by atoms with Gasteiger partial charge in [-0.3, -0.25) is 0 Å². The van der Waals surface area contributed by atoms with Crippen molar-refractivity contribution in [3.05, 3.63) is 58.7 Å². The summed E-state index contributed by atoms with van der Waals surface area (Å²) in [6, 6.07) is 6.39. The topological polar surface area (TPSA) is 37.8 Å². The normalized spacial score (nSPS) is 12.4. The molecule has 0 aliphatic carbocycles. The predicted molar refractivity (Wildman–Crippen MR) is 78.2 cm³/mol. The number of hydrogen-bond donors (Lipinski definition) is 1. The lowest BCUT2D eigenvalue weighted by molar-refractivity contribution is 0.594. The Balaban J connectivity index is 2.48. The van der Waals surface area contributed by atoms with Crippen molar-refractivity contribution in [3.8, 4) is 0 Å². The first-order chi connectivity index (χ1) is 9.13. The molecule has 1 unspecified atom stereocenters. The van der Waals surface area contributed by atoms with Gasteiger partial charge in [-0.2, -0.15) is 0 Å². The Hall–Kier alpha value is -1.74. The minimum absolute atomic E-state index is 0.0606. The van der Waals surface area contributed by atoms with Crippen molar-refractivity contribution < 1.29 is 0 Å². The molecule has 1 heterocycles. The molecule has 0 saturated carbocycles. The van der Waals surface area contributed by atoms with Gasteiger partial charge in [0.15, 0.2) is 0 Å². The third-order valence-corrected chi connectivity index (χ3v) is 3.45. The summed E-state index contributed by atoms with van der Waals surface area (Å²) in [6.07, 6.45) is 3.59. The molecule has 0 fully saturated rings. The van der Waals surface area contributed by atoms with Crippen molar-refractivity contribution in [2.45, 2.75) is 33.7 Å². The molecule has 1 N–H and O–H groups in total.